The first-order chi connectivity index (χ1) is 8.55. The van der Waals surface area contributed by atoms with Crippen molar-refractivity contribution in [3.8, 4) is 0 Å². The smallest absolute Gasteiger partial charge is 0 e. The molecule has 0 fully saturated rings. The first-order valence-electron chi connectivity index (χ1n) is 6.42. The molecule has 0 aromatic heterocycles. The van der Waals surface area contributed by atoms with Crippen LogP contribution in [0.25, 0.3) is 0 Å². The minimum Gasteiger partial charge on any atom is -0.213 e. The molecular weight excluding hydrogens is 271 g/mol. The fourth-order valence-corrected chi connectivity index (χ4v) is 1.92. The monoisotopic (exact) mass is 294 g/mol. The zero-order valence-corrected chi connectivity index (χ0v) is 13.7. The Morgan fingerprint density at radius 2 is 1.00 bits per heavy atom. The molecule has 2 aliphatic carbocycles. The van der Waals surface area contributed by atoms with Gasteiger partial charge < -0.3 is 0 Å². The Hall–Kier alpha value is -0.911. The summed E-state index contributed by atoms with van der Waals surface area (Å²) in [7, 11) is 0. The molecule has 2 rings (SSSR count). The molecule has 0 spiro atoms. The fourth-order valence-electron chi connectivity index (χ4n) is 1.92. The molecule has 0 bridgehead atoms. The van der Waals surface area contributed by atoms with Crippen molar-refractivity contribution < 1.29 is 17.1 Å². The number of hydrogen-bond acceptors (Lipinski definition) is 0. The van der Waals surface area contributed by atoms with Crippen LogP contribution in [0.3, 0.4) is 0 Å². The van der Waals surface area contributed by atoms with Crippen molar-refractivity contribution in [2.45, 2.75) is 34.6 Å². The zero-order valence-electron chi connectivity index (χ0n) is 12.5. The molecule has 0 saturated carbocycles. The Morgan fingerprint density at radius 3 is 1.11 bits per heavy atom. The van der Waals surface area contributed by atoms with Crippen molar-refractivity contribution in [2.75, 3.05) is 0 Å². The summed E-state index contributed by atoms with van der Waals surface area (Å²) in [6, 6.07) is 0. The summed E-state index contributed by atoms with van der Waals surface area (Å²) in [5, 5.41) is 0. The van der Waals surface area contributed by atoms with E-state index in [1.165, 1.54) is 28.9 Å². The van der Waals surface area contributed by atoms with E-state index in [0.717, 1.165) is 0 Å². The van der Waals surface area contributed by atoms with Crippen LogP contribution in [-0.2, 0) is 17.1 Å². The molecule has 2 aliphatic rings. The predicted octanol–water partition coefficient (Wildman–Crippen LogP) is 5.34. The van der Waals surface area contributed by atoms with E-state index in [2.05, 4.69) is 34.6 Å². The van der Waals surface area contributed by atoms with Crippen LogP contribution >= 0.6 is 0 Å². The Bertz CT molecular complexity index is 333. The third-order valence-corrected chi connectivity index (χ3v) is 3.70. The van der Waals surface area contributed by atoms with E-state index >= 15 is 0 Å². The van der Waals surface area contributed by atoms with Gasteiger partial charge in [-0.1, -0.05) is 81.2 Å². The van der Waals surface area contributed by atoms with Crippen LogP contribution in [0.15, 0.2) is 59.8 Å². The van der Waals surface area contributed by atoms with Crippen molar-refractivity contribution >= 4 is 0 Å². The molecule has 19 heavy (non-hydrogen) atoms. The summed E-state index contributed by atoms with van der Waals surface area (Å²) in [5.41, 5.74) is 2.94. The van der Waals surface area contributed by atoms with Crippen LogP contribution in [0, 0.1) is 17.8 Å². The SMILES string of the molecule is C1=C\C=C/C=C\C=C/1.C[C]1[C](C)[C-](C)C(C)=C1C.[Mn]. The molecule has 3 radical (unpaired) electrons. The molecule has 0 atom stereocenters. The Morgan fingerprint density at radius 1 is 0.684 bits per heavy atom. The second-order valence-corrected chi connectivity index (χ2v) is 4.66. The predicted molar refractivity (Wildman–Crippen MR) is 81.7 cm³/mol. The second-order valence-electron chi connectivity index (χ2n) is 4.66. The van der Waals surface area contributed by atoms with E-state index in [9.17, 15) is 0 Å². The molecule has 0 aromatic rings. The Balaban J connectivity index is 0.000000331. The third-order valence-electron chi connectivity index (χ3n) is 3.70. The molecule has 0 amide bonds. The molecule has 0 saturated heterocycles. The molecule has 0 unspecified atom stereocenters. The van der Waals surface area contributed by atoms with Crippen molar-refractivity contribution in [3.63, 3.8) is 0 Å². The molecule has 0 aromatic carbocycles. The standard InChI is InChI=1S/C10H15.C8H8.Mn/c1-6-7(2)9(4)10(5)8(6)3;1-2-4-6-8-7-5-3-1;/h1-5H3;1-8H;/q-1;;/b;2-1-,3-1?,4-2?,5-3-,6-4-,7-5?,8-6?,8-7-;. The molecule has 0 nitrogen and oxygen atoms in total. The molecule has 0 aliphatic heterocycles. The second kappa shape index (κ2) is 9.07. The summed E-state index contributed by atoms with van der Waals surface area (Å²) in [6.45, 7) is 11.0. The maximum Gasteiger partial charge on any atom is 0 e. The normalized spacial score (nSPS) is 25.6. The third kappa shape index (κ3) is 5.30. The zero-order chi connectivity index (χ0) is 13.5. The van der Waals surface area contributed by atoms with E-state index < -0.39 is 0 Å². The van der Waals surface area contributed by atoms with Crippen LogP contribution in [0.4, 0.5) is 0 Å². The van der Waals surface area contributed by atoms with Gasteiger partial charge in [0.2, 0.25) is 0 Å². The van der Waals surface area contributed by atoms with Crippen LogP contribution < -0.4 is 0 Å². The number of rotatable bonds is 0. The summed E-state index contributed by atoms with van der Waals surface area (Å²) in [5.74, 6) is 4.40. The first kappa shape index (κ1) is 18.1. The summed E-state index contributed by atoms with van der Waals surface area (Å²) in [6.07, 6.45) is 16.0. The van der Waals surface area contributed by atoms with Gasteiger partial charge in [-0.15, -0.1) is 13.8 Å². The van der Waals surface area contributed by atoms with Gasteiger partial charge in [0.25, 0.3) is 0 Å². The van der Waals surface area contributed by atoms with Crippen LogP contribution in [0.5, 0.6) is 0 Å². The van der Waals surface area contributed by atoms with Crippen molar-refractivity contribution in [3.05, 3.63) is 77.5 Å². The van der Waals surface area contributed by atoms with Gasteiger partial charge in [-0.05, 0) is 0 Å². The molecular formula is C18H23Mn-. The summed E-state index contributed by atoms with van der Waals surface area (Å²) < 4.78 is 0. The minimum atomic E-state index is 0. The Kier molecular flexibility index (Phi) is 8.63. The minimum absolute atomic E-state index is 0. The average Bonchev–Trinajstić information content (AvgIpc) is 2.48. The number of hydrogen-bond donors (Lipinski definition) is 0. The van der Waals surface area contributed by atoms with Gasteiger partial charge in [0.1, 0.15) is 0 Å². The van der Waals surface area contributed by atoms with Gasteiger partial charge in [0.15, 0.2) is 0 Å². The van der Waals surface area contributed by atoms with Gasteiger partial charge in [-0.2, -0.15) is 0 Å². The van der Waals surface area contributed by atoms with Crippen molar-refractivity contribution in [1.29, 1.82) is 0 Å². The van der Waals surface area contributed by atoms with Crippen molar-refractivity contribution in [2.24, 2.45) is 0 Å². The van der Waals surface area contributed by atoms with Gasteiger partial charge >= 0.3 is 0 Å². The van der Waals surface area contributed by atoms with Gasteiger partial charge in [0.05, 0.1) is 0 Å². The van der Waals surface area contributed by atoms with Crippen LogP contribution in [0.1, 0.15) is 34.6 Å². The topological polar surface area (TPSA) is 0 Å². The van der Waals surface area contributed by atoms with Gasteiger partial charge in [-0.3, -0.25) is 0 Å². The summed E-state index contributed by atoms with van der Waals surface area (Å²) >= 11 is 0. The van der Waals surface area contributed by atoms with E-state index in [1.54, 1.807) is 0 Å². The average molecular weight is 294 g/mol. The molecule has 1 heteroatoms. The fraction of sp³-hybridized carbons (Fsp3) is 0.278. The van der Waals surface area contributed by atoms with Crippen LogP contribution in [0.2, 0.25) is 0 Å². The largest absolute Gasteiger partial charge is 0.213 e. The first-order valence-corrected chi connectivity index (χ1v) is 6.42. The van der Waals surface area contributed by atoms with Gasteiger partial charge in [0, 0.05) is 17.1 Å². The molecule has 0 N–H and O–H groups in total. The van der Waals surface area contributed by atoms with Crippen molar-refractivity contribution in [1.82, 2.24) is 0 Å². The van der Waals surface area contributed by atoms with Gasteiger partial charge in [-0.25, -0.2) is 17.1 Å². The maximum absolute atomic E-state index is 2.20. The molecule has 0 heterocycles. The van der Waals surface area contributed by atoms with Crippen LogP contribution in [-0.4, -0.2) is 0 Å². The van der Waals surface area contributed by atoms with E-state index in [0.29, 0.717) is 0 Å². The van der Waals surface area contributed by atoms with E-state index in [-0.39, 0.29) is 17.1 Å². The number of allylic oxidation sites excluding steroid dienone is 10. The quantitative estimate of drug-likeness (QED) is 0.418. The maximum atomic E-state index is 2.20. The van der Waals surface area contributed by atoms with E-state index in [1.807, 2.05) is 48.6 Å². The molecule has 103 valence electrons. The summed E-state index contributed by atoms with van der Waals surface area (Å²) in [4.78, 5) is 0. The van der Waals surface area contributed by atoms with E-state index in [4.69, 9.17) is 0 Å². The Labute approximate surface area is 129 Å².